The molecule has 0 radical (unpaired) electrons. The molecule has 2 rings (SSSR count). The van der Waals surface area contributed by atoms with E-state index < -0.39 is 5.82 Å². The van der Waals surface area contributed by atoms with Crippen LogP contribution in [0.25, 0.3) is 0 Å². The first-order chi connectivity index (χ1) is 8.70. The van der Waals surface area contributed by atoms with Crippen LogP contribution in [0.5, 0.6) is 5.88 Å². The smallest absolute Gasteiger partial charge is 0.219 e. The largest absolute Gasteiger partial charge is 0.476 e. The van der Waals surface area contributed by atoms with Gasteiger partial charge in [-0.05, 0) is 32.5 Å². The van der Waals surface area contributed by atoms with Gasteiger partial charge in [-0.2, -0.15) is 0 Å². The molecule has 1 saturated heterocycles. The van der Waals surface area contributed by atoms with E-state index >= 15 is 0 Å². The van der Waals surface area contributed by atoms with E-state index in [2.05, 4.69) is 16.9 Å². The van der Waals surface area contributed by atoms with Crippen molar-refractivity contribution in [3.05, 3.63) is 23.6 Å². The third-order valence-corrected chi connectivity index (χ3v) is 3.40. The summed E-state index contributed by atoms with van der Waals surface area (Å²) < 4.78 is 18.6. The molecule has 0 bridgehead atoms. The van der Waals surface area contributed by atoms with E-state index in [1.807, 2.05) is 0 Å². The van der Waals surface area contributed by atoms with Gasteiger partial charge in [-0.3, -0.25) is 0 Å². The van der Waals surface area contributed by atoms with E-state index in [0.717, 1.165) is 19.2 Å². The standard InChI is InChI=1S/C13H19FN2O2/c1-16-5-3-2-4-12(16)9-18-13-10(8-17)6-11(14)7-15-13/h6-7,12,17H,2-5,8-9H2,1H3. The molecular weight excluding hydrogens is 235 g/mol. The van der Waals surface area contributed by atoms with Crippen LogP contribution in [-0.2, 0) is 6.61 Å². The number of pyridine rings is 1. The summed E-state index contributed by atoms with van der Waals surface area (Å²) in [6, 6.07) is 1.63. The summed E-state index contributed by atoms with van der Waals surface area (Å²) in [6.45, 7) is 1.35. The monoisotopic (exact) mass is 254 g/mol. The van der Waals surface area contributed by atoms with Crippen molar-refractivity contribution in [2.24, 2.45) is 0 Å². The van der Waals surface area contributed by atoms with Crippen LogP contribution in [0.3, 0.4) is 0 Å². The Kier molecular flexibility index (Phi) is 4.49. The van der Waals surface area contributed by atoms with Gasteiger partial charge in [0.05, 0.1) is 12.8 Å². The number of hydrogen-bond acceptors (Lipinski definition) is 4. The van der Waals surface area contributed by atoms with Crippen LogP contribution in [0.15, 0.2) is 12.3 Å². The minimum Gasteiger partial charge on any atom is -0.476 e. The first-order valence-corrected chi connectivity index (χ1v) is 6.29. The summed E-state index contributed by atoms with van der Waals surface area (Å²) in [4.78, 5) is 6.15. The van der Waals surface area contributed by atoms with Gasteiger partial charge in [-0.15, -0.1) is 0 Å². The second kappa shape index (κ2) is 6.11. The van der Waals surface area contributed by atoms with Crippen LogP contribution in [0.2, 0.25) is 0 Å². The molecule has 0 aromatic carbocycles. The molecule has 1 N–H and O–H groups in total. The molecule has 1 aromatic heterocycles. The highest BCUT2D eigenvalue weighted by Crippen LogP contribution is 2.19. The van der Waals surface area contributed by atoms with Crippen molar-refractivity contribution in [3.8, 4) is 5.88 Å². The van der Waals surface area contributed by atoms with Crippen molar-refractivity contribution in [1.82, 2.24) is 9.88 Å². The molecule has 0 saturated carbocycles. The summed E-state index contributed by atoms with van der Waals surface area (Å²) in [6.07, 6.45) is 4.65. The van der Waals surface area contributed by atoms with Crippen LogP contribution < -0.4 is 4.74 Å². The van der Waals surface area contributed by atoms with E-state index in [-0.39, 0.29) is 6.61 Å². The highest BCUT2D eigenvalue weighted by Gasteiger charge is 2.20. The molecule has 0 amide bonds. The maximum absolute atomic E-state index is 13.0. The van der Waals surface area contributed by atoms with Gasteiger partial charge in [0.1, 0.15) is 12.4 Å². The number of halogens is 1. The molecule has 4 nitrogen and oxygen atoms in total. The molecule has 0 aliphatic carbocycles. The van der Waals surface area contributed by atoms with E-state index in [0.29, 0.717) is 24.1 Å². The summed E-state index contributed by atoms with van der Waals surface area (Å²) in [5.74, 6) is -0.126. The van der Waals surface area contributed by atoms with Gasteiger partial charge in [0, 0.05) is 11.6 Å². The first kappa shape index (κ1) is 13.2. The van der Waals surface area contributed by atoms with E-state index in [4.69, 9.17) is 9.84 Å². The zero-order valence-corrected chi connectivity index (χ0v) is 10.6. The second-order valence-corrected chi connectivity index (χ2v) is 4.72. The zero-order chi connectivity index (χ0) is 13.0. The molecule has 1 fully saturated rings. The molecule has 1 atom stereocenters. The topological polar surface area (TPSA) is 45.6 Å². The molecule has 5 heteroatoms. The third kappa shape index (κ3) is 3.17. The lowest BCUT2D eigenvalue weighted by molar-refractivity contribution is 0.120. The minimum absolute atomic E-state index is 0.263. The maximum atomic E-state index is 13.0. The average molecular weight is 254 g/mol. The Balaban J connectivity index is 1.97. The number of likely N-dealkylation sites (N-methyl/N-ethyl adjacent to an activating group) is 1. The summed E-state index contributed by atoms with van der Waals surface area (Å²) in [7, 11) is 2.08. The Morgan fingerprint density at radius 3 is 3.11 bits per heavy atom. The van der Waals surface area contributed by atoms with Gasteiger partial charge in [0.25, 0.3) is 0 Å². The summed E-state index contributed by atoms with van der Waals surface area (Å²) in [5.41, 5.74) is 0.397. The molecule has 1 aliphatic heterocycles. The SMILES string of the molecule is CN1CCCCC1COc1ncc(F)cc1CO. The summed E-state index contributed by atoms with van der Waals surface area (Å²) >= 11 is 0. The number of likely N-dealkylation sites (tertiary alicyclic amines) is 1. The highest BCUT2D eigenvalue weighted by atomic mass is 19.1. The number of nitrogens with zero attached hydrogens (tertiary/aromatic N) is 2. The van der Waals surface area contributed by atoms with Crippen molar-refractivity contribution >= 4 is 0 Å². The van der Waals surface area contributed by atoms with Gasteiger partial charge < -0.3 is 14.7 Å². The van der Waals surface area contributed by atoms with Gasteiger partial charge in [0.15, 0.2) is 0 Å². The van der Waals surface area contributed by atoms with Crippen molar-refractivity contribution in [2.45, 2.75) is 31.9 Å². The van der Waals surface area contributed by atoms with Crippen molar-refractivity contribution in [2.75, 3.05) is 20.2 Å². The Bertz CT molecular complexity index is 401. The number of ether oxygens (including phenoxy) is 1. The number of piperidine rings is 1. The number of rotatable bonds is 4. The number of aliphatic hydroxyl groups is 1. The van der Waals surface area contributed by atoms with Crippen LogP contribution in [0.4, 0.5) is 4.39 Å². The van der Waals surface area contributed by atoms with Crippen LogP contribution in [0, 0.1) is 5.82 Å². The zero-order valence-electron chi connectivity index (χ0n) is 10.6. The van der Waals surface area contributed by atoms with Crippen LogP contribution in [0.1, 0.15) is 24.8 Å². The number of aliphatic hydroxyl groups excluding tert-OH is 1. The molecular formula is C13H19FN2O2. The van der Waals surface area contributed by atoms with Crippen LogP contribution in [-0.4, -0.2) is 41.2 Å². The Hall–Kier alpha value is -1.20. The first-order valence-electron chi connectivity index (χ1n) is 6.29. The second-order valence-electron chi connectivity index (χ2n) is 4.72. The lowest BCUT2D eigenvalue weighted by Crippen LogP contribution is -2.40. The lowest BCUT2D eigenvalue weighted by Gasteiger charge is -2.32. The average Bonchev–Trinajstić information content (AvgIpc) is 2.39. The van der Waals surface area contributed by atoms with E-state index in [1.54, 1.807) is 0 Å². The fourth-order valence-corrected chi connectivity index (χ4v) is 2.24. The normalized spacial score (nSPS) is 20.9. The number of hydrogen-bond donors (Lipinski definition) is 1. The molecule has 1 unspecified atom stereocenters. The lowest BCUT2D eigenvalue weighted by atomic mass is 10.0. The van der Waals surface area contributed by atoms with E-state index in [9.17, 15) is 4.39 Å². The fourth-order valence-electron chi connectivity index (χ4n) is 2.24. The summed E-state index contributed by atoms with van der Waals surface area (Å²) in [5, 5.41) is 9.13. The predicted molar refractivity (Wildman–Crippen MR) is 65.9 cm³/mol. The molecule has 1 aliphatic rings. The van der Waals surface area contributed by atoms with Crippen molar-refractivity contribution in [3.63, 3.8) is 0 Å². The van der Waals surface area contributed by atoms with Gasteiger partial charge in [0.2, 0.25) is 5.88 Å². The fraction of sp³-hybridized carbons (Fsp3) is 0.615. The highest BCUT2D eigenvalue weighted by molar-refractivity contribution is 5.25. The Morgan fingerprint density at radius 2 is 2.39 bits per heavy atom. The van der Waals surface area contributed by atoms with Crippen molar-refractivity contribution < 1.29 is 14.2 Å². The van der Waals surface area contributed by atoms with Gasteiger partial charge in [-0.25, -0.2) is 9.37 Å². The van der Waals surface area contributed by atoms with E-state index in [1.165, 1.54) is 18.9 Å². The van der Waals surface area contributed by atoms with Crippen molar-refractivity contribution in [1.29, 1.82) is 0 Å². The van der Waals surface area contributed by atoms with Gasteiger partial charge in [-0.1, -0.05) is 6.42 Å². The Morgan fingerprint density at radius 1 is 1.56 bits per heavy atom. The molecule has 18 heavy (non-hydrogen) atoms. The molecule has 100 valence electrons. The van der Waals surface area contributed by atoms with Crippen LogP contribution >= 0.6 is 0 Å². The third-order valence-electron chi connectivity index (χ3n) is 3.40. The quantitative estimate of drug-likeness (QED) is 0.886. The van der Waals surface area contributed by atoms with Gasteiger partial charge >= 0.3 is 0 Å². The predicted octanol–water partition coefficient (Wildman–Crippen LogP) is 1.58. The molecule has 0 spiro atoms. The molecule has 1 aromatic rings. The minimum atomic E-state index is -0.457. The maximum Gasteiger partial charge on any atom is 0.219 e. The number of aromatic nitrogens is 1. The molecule has 2 heterocycles. The Labute approximate surface area is 106 Å².